The van der Waals surface area contributed by atoms with Crippen molar-refractivity contribution in [3.05, 3.63) is 23.8 Å². The van der Waals surface area contributed by atoms with E-state index in [1.807, 2.05) is 6.07 Å². The monoisotopic (exact) mass is 409 g/mol. The van der Waals surface area contributed by atoms with E-state index in [9.17, 15) is 14.7 Å². The number of carbonyl (C=O) groups excluding carboxylic acids is 2. The van der Waals surface area contributed by atoms with Crippen LogP contribution >= 0.6 is 0 Å². The molecule has 0 heterocycles. The Hall–Kier alpha value is -2.28. The van der Waals surface area contributed by atoms with Crippen molar-refractivity contribution in [1.29, 1.82) is 0 Å². The second-order valence-corrected chi connectivity index (χ2v) is 7.15. The maximum absolute atomic E-state index is 12.0. The van der Waals surface area contributed by atoms with Crippen molar-refractivity contribution in [2.24, 2.45) is 0 Å². The summed E-state index contributed by atoms with van der Waals surface area (Å²) >= 11 is 0. The first-order chi connectivity index (χ1) is 13.9. The fraction of sp³-hybridized carbons (Fsp3) is 0.636. The molecule has 0 saturated carbocycles. The highest BCUT2D eigenvalue weighted by Gasteiger charge is 2.22. The average molecular weight is 410 g/mol. The van der Waals surface area contributed by atoms with Crippen LogP contribution in [0, 0.1) is 0 Å². The Kier molecular flexibility index (Phi) is 11.8. The molecule has 0 aliphatic heterocycles. The van der Waals surface area contributed by atoms with Crippen LogP contribution < -0.4 is 10.1 Å². The number of hydrogen-bond acceptors (Lipinski definition) is 7. The van der Waals surface area contributed by atoms with Gasteiger partial charge in [-0.25, -0.2) is 0 Å². The van der Waals surface area contributed by atoms with E-state index in [4.69, 9.17) is 14.2 Å². The molecule has 1 aromatic carbocycles. The van der Waals surface area contributed by atoms with Crippen LogP contribution in [0.15, 0.2) is 18.2 Å². The number of methoxy groups -OCH3 is 1. The van der Waals surface area contributed by atoms with Gasteiger partial charge in [-0.05, 0) is 50.4 Å². The minimum absolute atomic E-state index is 0.0825. The number of nitrogens with one attached hydrogen (secondary N) is 1. The Morgan fingerprint density at radius 2 is 1.86 bits per heavy atom. The zero-order valence-corrected chi connectivity index (χ0v) is 18.0. The standard InChI is InChI=1S/C22H35NO6/c1-5-6-7-8-18(28-16(2)24)14-19(29-22(26)15-23-3)11-9-17-10-12-20(25)21(13-17)27-4/h10,12-13,18-19,23,25H,5-9,11,14-15H2,1-4H3/t18-,19+/m1/s1. The van der Waals surface area contributed by atoms with Crippen molar-refractivity contribution in [2.45, 2.75) is 71.0 Å². The quantitative estimate of drug-likeness (QED) is 0.359. The van der Waals surface area contributed by atoms with Gasteiger partial charge in [-0.1, -0.05) is 25.8 Å². The van der Waals surface area contributed by atoms with Gasteiger partial charge in [0.15, 0.2) is 11.5 Å². The van der Waals surface area contributed by atoms with Crippen LogP contribution in [0.1, 0.15) is 57.9 Å². The van der Waals surface area contributed by atoms with Gasteiger partial charge in [0.05, 0.1) is 13.7 Å². The predicted octanol–water partition coefficient (Wildman–Crippen LogP) is 3.37. The molecule has 0 bridgehead atoms. The number of aryl methyl sites for hydroxylation is 1. The summed E-state index contributed by atoms with van der Waals surface area (Å²) in [4.78, 5) is 23.5. The highest BCUT2D eigenvalue weighted by atomic mass is 16.6. The molecule has 164 valence electrons. The van der Waals surface area contributed by atoms with Gasteiger partial charge in [0.2, 0.25) is 0 Å². The van der Waals surface area contributed by atoms with Crippen molar-refractivity contribution < 1.29 is 28.9 Å². The summed E-state index contributed by atoms with van der Waals surface area (Å²) in [6, 6.07) is 5.17. The van der Waals surface area contributed by atoms with Gasteiger partial charge in [-0.3, -0.25) is 9.59 Å². The summed E-state index contributed by atoms with van der Waals surface area (Å²) in [5.74, 6) is -0.173. The number of unbranched alkanes of at least 4 members (excludes halogenated alkanes) is 2. The molecule has 2 atom stereocenters. The lowest BCUT2D eigenvalue weighted by atomic mass is 9.99. The lowest BCUT2D eigenvalue weighted by Crippen LogP contribution is -2.30. The molecule has 0 saturated heterocycles. The summed E-state index contributed by atoms with van der Waals surface area (Å²) in [5, 5.41) is 12.5. The van der Waals surface area contributed by atoms with Crippen molar-refractivity contribution >= 4 is 11.9 Å². The first-order valence-electron chi connectivity index (χ1n) is 10.3. The van der Waals surface area contributed by atoms with Crippen LogP contribution in [0.25, 0.3) is 0 Å². The molecule has 0 aliphatic carbocycles. The molecule has 7 heteroatoms. The largest absolute Gasteiger partial charge is 0.504 e. The number of phenolic OH excluding ortho intramolecular Hbond substituents is 1. The number of benzene rings is 1. The molecular formula is C22H35NO6. The number of aromatic hydroxyl groups is 1. The van der Waals surface area contributed by atoms with Crippen LogP contribution in [-0.2, 0) is 25.5 Å². The molecule has 0 aliphatic rings. The zero-order valence-electron chi connectivity index (χ0n) is 18.0. The number of esters is 2. The van der Waals surface area contributed by atoms with E-state index >= 15 is 0 Å². The fourth-order valence-electron chi connectivity index (χ4n) is 3.18. The minimum Gasteiger partial charge on any atom is -0.504 e. The van der Waals surface area contributed by atoms with Crippen molar-refractivity contribution in [2.75, 3.05) is 20.7 Å². The molecule has 7 nitrogen and oxygen atoms in total. The summed E-state index contributed by atoms with van der Waals surface area (Å²) in [6.45, 7) is 3.64. The number of rotatable bonds is 14. The van der Waals surface area contributed by atoms with Gasteiger partial charge in [0.1, 0.15) is 12.2 Å². The number of carbonyl (C=O) groups is 2. The Bertz CT molecular complexity index is 634. The molecule has 2 N–H and O–H groups in total. The van der Waals surface area contributed by atoms with E-state index in [0.29, 0.717) is 25.0 Å². The Morgan fingerprint density at radius 3 is 2.48 bits per heavy atom. The Labute approximate surface area is 173 Å². The van der Waals surface area contributed by atoms with Gasteiger partial charge >= 0.3 is 11.9 Å². The lowest BCUT2D eigenvalue weighted by Gasteiger charge is -2.24. The Morgan fingerprint density at radius 1 is 1.14 bits per heavy atom. The molecule has 1 aromatic rings. The van der Waals surface area contributed by atoms with E-state index in [-0.39, 0.29) is 36.4 Å². The van der Waals surface area contributed by atoms with E-state index in [1.54, 1.807) is 19.2 Å². The van der Waals surface area contributed by atoms with Crippen LogP contribution in [0.2, 0.25) is 0 Å². The molecule has 0 amide bonds. The highest BCUT2D eigenvalue weighted by molar-refractivity contribution is 5.71. The highest BCUT2D eigenvalue weighted by Crippen LogP contribution is 2.27. The summed E-state index contributed by atoms with van der Waals surface area (Å²) < 4.78 is 16.3. The molecule has 0 radical (unpaired) electrons. The molecule has 1 rings (SSSR count). The summed E-state index contributed by atoms with van der Waals surface area (Å²) in [6.07, 6.45) is 4.88. The fourth-order valence-corrected chi connectivity index (χ4v) is 3.18. The average Bonchev–Trinajstić information content (AvgIpc) is 2.67. The van der Waals surface area contributed by atoms with Gasteiger partial charge in [0, 0.05) is 13.3 Å². The topological polar surface area (TPSA) is 94.1 Å². The van der Waals surface area contributed by atoms with Gasteiger partial charge in [0.25, 0.3) is 0 Å². The SMILES string of the molecule is CCCCC[C@H](C[C@H](CCc1ccc(O)c(OC)c1)OC(=O)CNC)OC(C)=O. The molecule has 0 fully saturated rings. The van der Waals surface area contributed by atoms with Crippen LogP contribution in [0.5, 0.6) is 11.5 Å². The zero-order chi connectivity index (χ0) is 21.6. The number of phenols is 1. The van der Waals surface area contributed by atoms with Crippen LogP contribution in [0.4, 0.5) is 0 Å². The van der Waals surface area contributed by atoms with E-state index in [0.717, 1.165) is 31.2 Å². The third kappa shape index (κ3) is 10.2. The second kappa shape index (κ2) is 13.8. The molecule has 0 aromatic heterocycles. The molecule has 0 spiro atoms. The van der Waals surface area contributed by atoms with Crippen molar-refractivity contribution in [3.8, 4) is 11.5 Å². The first-order valence-corrected chi connectivity index (χ1v) is 10.3. The number of hydrogen-bond donors (Lipinski definition) is 2. The van der Waals surface area contributed by atoms with Gasteiger partial charge < -0.3 is 24.6 Å². The van der Waals surface area contributed by atoms with Crippen LogP contribution in [-0.4, -0.2) is 50.0 Å². The molecular weight excluding hydrogens is 374 g/mol. The van der Waals surface area contributed by atoms with E-state index < -0.39 is 0 Å². The molecule has 29 heavy (non-hydrogen) atoms. The third-order valence-corrected chi connectivity index (χ3v) is 4.61. The number of ether oxygens (including phenoxy) is 3. The normalized spacial score (nSPS) is 12.8. The van der Waals surface area contributed by atoms with E-state index in [2.05, 4.69) is 12.2 Å². The maximum Gasteiger partial charge on any atom is 0.320 e. The number of likely N-dealkylation sites (N-methyl/N-ethyl adjacent to an activating group) is 1. The smallest absolute Gasteiger partial charge is 0.320 e. The summed E-state index contributed by atoms with van der Waals surface area (Å²) in [5.41, 5.74) is 0.962. The minimum atomic E-state index is -0.373. The summed E-state index contributed by atoms with van der Waals surface area (Å²) in [7, 11) is 3.19. The Balaban J connectivity index is 2.81. The van der Waals surface area contributed by atoms with Gasteiger partial charge in [-0.15, -0.1) is 0 Å². The van der Waals surface area contributed by atoms with E-state index in [1.165, 1.54) is 14.0 Å². The third-order valence-electron chi connectivity index (χ3n) is 4.61. The first kappa shape index (κ1) is 24.8. The van der Waals surface area contributed by atoms with Gasteiger partial charge in [-0.2, -0.15) is 0 Å². The van der Waals surface area contributed by atoms with Crippen molar-refractivity contribution in [1.82, 2.24) is 5.32 Å². The lowest BCUT2D eigenvalue weighted by molar-refractivity contribution is -0.154. The van der Waals surface area contributed by atoms with Crippen LogP contribution in [0.3, 0.4) is 0 Å². The van der Waals surface area contributed by atoms with Crippen molar-refractivity contribution in [3.63, 3.8) is 0 Å². The second-order valence-electron chi connectivity index (χ2n) is 7.15. The molecule has 0 unspecified atom stereocenters. The maximum atomic E-state index is 12.0. The predicted molar refractivity (Wildman–Crippen MR) is 111 cm³/mol.